The Morgan fingerprint density at radius 1 is 1.62 bits per heavy atom. The summed E-state index contributed by atoms with van der Waals surface area (Å²) in [5.41, 5.74) is -0.276. The van der Waals surface area contributed by atoms with Crippen LogP contribution in [0.25, 0.3) is 0 Å². The zero-order chi connectivity index (χ0) is 11.7. The molecule has 1 aromatic rings. The third kappa shape index (κ3) is 2.00. The van der Waals surface area contributed by atoms with E-state index in [1.807, 2.05) is 0 Å². The summed E-state index contributed by atoms with van der Waals surface area (Å²) in [6.45, 7) is 5.95. The molecule has 0 radical (unpaired) electrons. The molecule has 3 atom stereocenters. The average Bonchev–Trinajstić information content (AvgIpc) is 2.59. The van der Waals surface area contributed by atoms with Crippen LogP contribution >= 0.6 is 0 Å². The third-order valence-electron chi connectivity index (χ3n) is 3.10. The summed E-state index contributed by atoms with van der Waals surface area (Å²) in [7, 11) is 0. The van der Waals surface area contributed by atoms with Crippen LogP contribution < -0.4 is 5.69 Å². The van der Waals surface area contributed by atoms with Gasteiger partial charge in [-0.3, -0.25) is 4.57 Å². The minimum Gasteiger partial charge on any atom is -0.354 e. The summed E-state index contributed by atoms with van der Waals surface area (Å²) in [5, 5.41) is 0. The second-order valence-corrected chi connectivity index (χ2v) is 4.34. The van der Waals surface area contributed by atoms with Gasteiger partial charge in [-0.2, -0.15) is 4.98 Å². The van der Waals surface area contributed by atoms with Crippen molar-refractivity contribution in [2.24, 2.45) is 5.92 Å². The SMILES string of the molecule is CC[C@H]1O[C@@H](n2cnc(C)nc2=O)CC1C. The van der Waals surface area contributed by atoms with E-state index in [0.29, 0.717) is 11.7 Å². The van der Waals surface area contributed by atoms with Gasteiger partial charge in [0.2, 0.25) is 0 Å². The van der Waals surface area contributed by atoms with Crippen LogP contribution in [0.15, 0.2) is 11.1 Å². The van der Waals surface area contributed by atoms with Crippen molar-refractivity contribution >= 4 is 0 Å². The molecule has 0 spiro atoms. The van der Waals surface area contributed by atoms with E-state index in [2.05, 4.69) is 23.8 Å². The lowest BCUT2D eigenvalue weighted by Crippen LogP contribution is -2.28. The van der Waals surface area contributed by atoms with E-state index in [-0.39, 0.29) is 18.0 Å². The van der Waals surface area contributed by atoms with E-state index in [0.717, 1.165) is 12.8 Å². The van der Waals surface area contributed by atoms with Crippen molar-refractivity contribution in [1.82, 2.24) is 14.5 Å². The second kappa shape index (κ2) is 4.33. The van der Waals surface area contributed by atoms with Crippen molar-refractivity contribution in [3.8, 4) is 0 Å². The molecule has 2 heterocycles. The van der Waals surface area contributed by atoms with Crippen molar-refractivity contribution in [3.63, 3.8) is 0 Å². The molecule has 5 heteroatoms. The minimum absolute atomic E-state index is 0.201. The largest absolute Gasteiger partial charge is 0.354 e. The Hall–Kier alpha value is -1.23. The van der Waals surface area contributed by atoms with Crippen molar-refractivity contribution in [2.45, 2.75) is 45.9 Å². The predicted molar refractivity (Wildman–Crippen MR) is 59.0 cm³/mol. The quantitative estimate of drug-likeness (QED) is 0.757. The Morgan fingerprint density at radius 3 is 2.94 bits per heavy atom. The number of nitrogens with zero attached hydrogens (tertiary/aromatic N) is 3. The first-order valence-electron chi connectivity index (χ1n) is 5.69. The Morgan fingerprint density at radius 2 is 2.38 bits per heavy atom. The van der Waals surface area contributed by atoms with Crippen molar-refractivity contribution in [3.05, 3.63) is 22.6 Å². The molecule has 0 aromatic carbocycles. The number of aryl methyl sites for hydroxylation is 1. The lowest BCUT2D eigenvalue weighted by molar-refractivity contribution is -0.00821. The Kier molecular flexibility index (Phi) is 3.05. The van der Waals surface area contributed by atoms with Gasteiger partial charge in [0.1, 0.15) is 18.4 Å². The molecule has 1 aromatic heterocycles. The topological polar surface area (TPSA) is 57.0 Å². The fourth-order valence-corrected chi connectivity index (χ4v) is 2.16. The summed E-state index contributed by atoms with van der Waals surface area (Å²) in [6.07, 6.45) is 3.38. The standard InChI is InChI=1S/C11H17N3O2/c1-4-9-7(2)5-10(16-9)14-6-12-8(3)13-11(14)15/h6-7,9-10H,4-5H2,1-3H3/t7?,9-,10-/m1/s1. The fourth-order valence-electron chi connectivity index (χ4n) is 2.16. The van der Waals surface area contributed by atoms with Crippen LogP contribution in [-0.4, -0.2) is 20.6 Å². The highest BCUT2D eigenvalue weighted by molar-refractivity contribution is 4.84. The molecule has 0 N–H and O–H groups in total. The first kappa shape index (κ1) is 11.3. The molecule has 5 nitrogen and oxygen atoms in total. The van der Waals surface area contributed by atoms with Gasteiger partial charge < -0.3 is 4.74 Å². The maximum absolute atomic E-state index is 11.7. The smallest absolute Gasteiger partial charge is 0.352 e. The maximum Gasteiger partial charge on any atom is 0.352 e. The van der Waals surface area contributed by atoms with Gasteiger partial charge in [-0.15, -0.1) is 0 Å². The van der Waals surface area contributed by atoms with Gasteiger partial charge in [0, 0.05) is 0 Å². The number of ether oxygens (including phenoxy) is 1. The second-order valence-electron chi connectivity index (χ2n) is 4.34. The van der Waals surface area contributed by atoms with E-state index < -0.39 is 0 Å². The van der Waals surface area contributed by atoms with E-state index in [1.165, 1.54) is 10.9 Å². The molecule has 0 aliphatic carbocycles. The van der Waals surface area contributed by atoms with E-state index >= 15 is 0 Å². The van der Waals surface area contributed by atoms with Crippen LogP contribution in [-0.2, 0) is 4.74 Å². The molecule has 0 saturated carbocycles. The van der Waals surface area contributed by atoms with Crippen molar-refractivity contribution in [2.75, 3.05) is 0 Å². The van der Waals surface area contributed by atoms with E-state index in [9.17, 15) is 4.79 Å². The molecule has 1 fully saturated rings. The van der Waals surface area contributed by atoms with E-state index in [4.69, 9.17) is 4.74 Å². The van der Waals surface area contributed by atoms with Crippen LogP contribution in [0.3, 0.4) is 0 Å². The highest BCUT2D eigenvalue weighted by Gasteiger charge is 2.32. The van der Waals surface area contributed by atoms with Crippen LogP contribution in [0.5, 0.6) is 0 Å². The zero-order valence-corrected chi connectivity index (χ0v) is 9.88. The van der Waals surface area contributed by atoms with Crippen LogP contribution in [0.1, 0.15) is 38.7 Å². The molecule has 0 bridgehead atoms. The van der Waals surface area contributed by atoms with Crippen LogP contribution in [0.4, 0.5) is 0 Å². The highest BCUT2D eigenvalue weighted by Crippen LogP contribution is 2.33. The molecular formula is C11H17N3O2. The minimum atomic E-state index is -0.276. The summed E-state index contributed by atoms with van der Waals surface area (Å²) in [6, 6.07) is 0. The molecule has 1 saturated heterocycles. The molecule has 1 aliphatic rings. The first-order chi connectivity index (χ1) is 7.61. The van der Waals surface area contributed by atoms with Gasteiger partial charge in [0.05, 0.1) is 6.10 Å². The van der Waals surface area contributed by atoms with Crippen LogP contribution in [0, 0.1) is 12.8 Å². The molecular weight excluding hydrogens is 206 g/mol. The van der Waals surface area contributed by atoms with Gasteiger partial charge in [0.15, 0.2) is 0 Å². The summed E-state index contributed by atoms with van der Waals surface area (Å²) in [5.74, 6) is 0.975. The first-order valence-corrected chi connectivity index (χ1v) is 5.69. The fraction of sp³-hybridized carbons (Fsp3) is 0.727. The summed E-state index contributed by atoms with van der Waals surface area (Å²) < 4.78 is 7.30. The lowest BCUT2D eigenvalue weighted by Gasteiger charge is -2.14. The molecule has 0 amide bonds. The number of rotatable bonds is 2. The zero-order valence-electron chi connectivity index (χ0n) is 9.88. The molecule has 1 aliphatic heterocycles. The lowest BCUT2D eigenvalue weighted by atomic mass is 10.0. The summed E-state index contributed by atoms with van der Waals surface area (Å²) in [4.78, 5) is 19.5. The van der Waals surface area contributed by atoms with Gasteiger partial charge in [-0.25, -0.2) is 9.78 Å². The van der Waals surface area contributed by atoms with Gasteiger partial charge in [-0.1, -0.05) is 13.8 Å². The molecule has 1 unspecified atom stereocenters. The number of aromatic nitrogens is 3. The highest BCUT2D eigenvalue weighted by atomic mass is 16.5. The maximum atomic E-state index is 11.7. The van der Waals surface area contributed by atoms with Crippen LogP contribution in [0.2, 0.25) is 0 Å². The third-order valence-corrected chi connectivity index (χ3v) is 3.10. The Labute approximate surface area is 94.5 Å². The van der Waals surface area contributed by atoms with Crippen molar-refractivity contribution < 1.29 is 4.74 Å². The molecule has 2 rings (SSSR count). The normalized spacial score (nSPS) is 29.6. The Balaban J connectivity index is 2.23. The van der Waals surface area contributed by atoms with Gasteiger partial charge in [-0.05, 0) is 25.7 Å². The number of hydrogen-bond acceptors (Lipinski definition) is 4. The monoisotopic (exact) mass is 223 g/mol. The van der Waals surface area contributed by atoms with E-state index in [1.54, 1.807) is 6.92 Å². The summed E-state index contributed by atoms with van der Waals surface area (Å²) >= 11 is 0. The predicted octanol–water partition coefficient (Wildman–Crippen LogP) is 1.28. The Bertz CT molecular complexity index is 429. The van der Waals surface area contributed by atoms with Gasteiger partial charge >= 0.3 is 5.69 Å². The van der Waals surface area contributed by atoms with Crippen molar-refractivity contribution in [1.29, 1.82) is 0 Å². The average molecular weight is 223 g/mol. The number of hydrogen-bond donors (Lipinski definition) is 0. The molecule has 88 valence electrons. The van der Waals surface area contributed by atoms with Gasteiger partial charge in [0.25, 0.3) is 0 Å². The molecule has 16 heavy (non-hydrogen) atoms.